The molecule has 62 valence electrons. The third-order valence-corrected chi connectivity index (χ3v) is 2.08. The summed E-state index contributed by atoms with van der Waals surface area (Å²) in [5.41, 5.74) is 0. The lowest BCUT2D eigenvalue weighted by atomic mass is 9.83. The van der Waals surface area contributed by atoms with E-state index in [4.69, 9.17) is 5.11 Å². The average molecular weight is 156 g/mol. The van der Waals surface area contributed by atoms with Gasteiger partial charge in [-0.15, -0.1) is 0 Å². The normalized spacial score (nSPS) is 37.1. The van der Waals surface area contributed by atoms with Crippen LogP contribution in [-0.4, -0.2) is 22.3 Å². The summed E-state index contributed by atoms with van der Waals surface area (Å²) >= 11 is 0. The first-order valence-electron chi connectivity index (χ1n) is 3.70. The van der Waals surface area contributed by atoms with Gasteiger partial charge in [0.1, 0.15) is 0 Å². The molecule has 0 saturated heterocycles. The third kappa shape index (κ3) is 1.60. The standard InChI is InChI=1S/C8H12O3/c1-5-3-2-4-6(9)7(5)8(10)11/h2-3,5-7,9H,4H2,1H3,(H,10,11)/t5-,6?,7-/m0/s1. The second kappa shape index (κ2) is 3.05. The summed E-state index contributed by atoms with van der Waals surface area (Å²) in [7, 11) is 0. The molecule has 0 aromatic rings. The summed E-state index contributed by atoms with van der Waals surface area (Å²) in [4.78, 5) is 10.6. The van der Waals surface area contributed by atoms with Crippen molar-refractivity contribution >= 4 is 5.97 Å². The highest BCUT2D eigenvalue weighted by molar-refractivity contribution is 5.71. The van der Waals surface area contributed by atoms with Crippen LogP contribution in [0.3, 0.4) is 0 Å². The minimum atomic E-state index is -0.908. The number of aliphatic carboxylic acids is 1. The largest absolute Gasteiger partial charge is 0.481 e. The summed E-state index contributed by atoms with van der Waals surface area (Å²) in [6, 6.07) is 0. The van der Waals surface area contributed by atoms with E-state index in [2.05, 4.69) is 0 Å². The molecule has 1 aliphatic carbocycles. The van der Waals surface area contributed by atoms with Gasteiger partial charge in [0.15, 0.2) is 0 Å². The average Bonchev–Trinajstić information content (AvgIpc) is 1.85. The van der Waals surface area contributed by atoms with Crippen molar-refractivity contribution in [2.24, 2.45) is 11.8 Å². The van der Waals surface area contributed by atoms with Crippen LogP contribution in [0.15, 0.2) is 12.2 Å². The Hall–Kier alpha value is -0.830. The molecular formula is C8H12O3. The molecule has 11 heavy (non-hydrogen) atoms. The van der Waals surface area contributed by atoms with Crippen molar-refractivity contribution in [3.63, 3.8) is 0 Å². The molecule has 1 aliphatic rings. The van der Waals surface area contributed by atoms with E-state index in [-0.39, 0.29) is 5.92 Å². The topological polar surface area (TPSA) is 57.5 Å². The minimum Gasteiger partial charge on any atom is -0.481 e. The second-order valence-electron chi connectivity index (χ2n) is 2.95. The number of hydrogen-bond acceptors (Lipinski definition) is 2. The van der Waals surface area contributed by atoms with Crippen molar-refractivity contribution in [3.05, 3.63) is 12.2 Å². The first kappa shape index (κ1) is 8.27. The Morgan fingerprint density at radius 3 is 2.64 bits per heavy atom. The molecule has 0 saturated carbocycles. The minimum absolute atomic E-state index is 0.0590. The number of rotatable bonds is 1. The van der Waals surface area contributed by atoms with Crippen molar-refractivity contribution in [3.8, 4) is 0 Å². The summed E-state index contributed by atoms with van der Waals surface area (Å²) in [5.74, 6) is -1.59. The molecule has 0 spiro atoms. The van der Waals surface area contributed by atoms with Crippen LogP contribution >= 0.6 is 0 Å². The van der Waals surface area contributed by atoms with Crippen molar-refractivity contribution < 1.29 is 15.0 Å². The van der Waals surface area contributed by atoms with Crippen LogP contribution in [0.4, 0.5) is 0 Å². The van der Waals surface area contributed by atoms with Gasteiger partial charge in [-0.25, -0.2) is 0 Å². The van der Waals surface area contributed by atoms with Crippen LogP contribution in [0.2, 0.25) is 0 Å². The molecule has 0 aliphatic heterocycles. The number of allylic oxidation sites excluding steroid dienone is 1. The van der Waals surface area contributed by atoms with Crippen LogP contribution < -0.4 is 0 Å². The Bertz CT molecular complexity index is 186. The van der Waals surface area contributed by atoms with Gasteiger partial charge in [0.05, 0.1) is 12.0 Å². The van der Waals surface area contributed by atoms with E-state index in [1.807, 2.05) is 12.2 Å². The van der Waals surface area contributed by atoms with E-state index in [0.717, 1.165) is 0 Å². The van der Waals surface area contributed by atoms with E-state index in [1.54, 1.807) is 6.92 Å². The van der Waals surface area contributed by atoms with Gasteiger partial charge in [-0.3, -0.25) is 4.79 Å². The predicted molar refractivity (Wildman–Crippen MR) is 40.1 cm³/mol. The molecule has 1 rings (SSSR count). The molecule has 0 amide bonds. The summed E-state index contributed by atoms with van der Waals surface area (Å²) < 4.78 is 0. The summed E-state index contributed by atoms with van der Waals surface area (Å²) in [6.45, 7) is 1.80. The lowest BCUT2D eigenvalue weighted by molar-refractivity contribution is -0.147. The molecule has 0 aromatic carbocycles. The zero-order valence-electron chi connectivity index (χ0n) is 6.40. The monoisotopic (exact) mass is 156 g/mol. The zero-order chi connectivity index (χ0) is 8.43. The summed E-state index contributed by atoms with van der Waals surface area (Å²) in [6.07, 6.45) is 3.41. The van der Waals surface area contributed by atoms with Gasteiger partial charge in [0, 0.05) is 0 Å². The Kier molecular flexibility index (Phi) is 2.29. The molecule has 0 radical (unpaired) electrons. The Labute approximate surface area is 65.3 Å². The number of carboxylic acids is 1. The lowest BCUT2D eigenvalue weighted by Gasteiger charge is -2.25. The highest BCUT2D eigenvalue weighted by Crippen LogP contribution is 2.24. The summed E-state index contributed by atoms with van der Waals surface area (Å²) in [5, 5.41) is 18.0. The van der Waals surface area contributed by atoms with Gasteiger partial charge >= 0.3 is 5.97 Å². The van der Waals surface area contributed by atoms with E-state index in [9.17, 15) is 9.90 Å². The SMILES string of the molecule is C[C@H]1C=CCC(O)[C@H]1C(=O)O. The van der Waals surface area contributed by atoms with Crippen LogP contribution in [-0.2, 0) is 4.79 Å². The van der Waals surface area contributed by atoms with Gasteiger partial charge in [-0.05, 0) is 12.3 Å². The number of aliphatic hydroxyl groups excluding tert-OH is 1. The molecular weight excluding hydrogens is 144 g/mol. The number of aliphatic hydroxyl groups is 1. The van der Waals surface area contributed by atoms with Crippen molar-refractivity contribution in [1.29, 1.82) is 0 Å². The number of hydrogen-bond donors (Lipinski definition) is 2. The number of carboxylic acid groups (broad SMARTS) is 1. The maximum atomic E-state index is 10.6. The quantitative estimate of drug-likeness (QED) is 0.548. The van der Waals surface area contributed by atoms with E-state index >= 15 is 0 Å². The molecule has 2 N–H and O–H groups in total. The van der Waals surface area contributed by atoms with Gasteiger partial charge in [-0.1, -0.05) is 19.1 Å². The fourth-order valence-corrected chi connectivity index (χ4v) is 1.44. The molecule has 3 nitrogen and oxygen atoms in total. The zero-order valence-corrected chi connectivity index (χ0v) is 6.40. The van der Waals surface area contributed by atoms with Crippen LogP contribution in [0.25, 0.3) is 0 Å². The van der Waals surface area contributed by atoms with E-state index < -0.39 is 18.0 Å². The predicted octanol–water partition coefficient (Wildman–Crippen LogP) is 0.644. The van der Waals surface area contributed by atoms with Crippen LogP contribution in [0.5, 0.6) is 0 Å². The Balaban J connectivity index is 2.74. The first-order valence-corrected chi connectivity index (χ1v) is 3.70. The lowest BCUT2D eigenvalue weighted by Crippen LogP contribution is -2.34. The number of carbonyl (C=O) groups is 1. The Morgan fingerprint density at radius 2 is 2.27 bits per heavy atom. The molecule has 0 fully saturated rings. The maximum Gasteiger partial charge on any atom is 0.309 e. The molecule has 3 heteroatoms. The van der Waals surface area contributed by atoms with Gasteiger partial charge in [0.25, 0.3) is 0 Å². The highest BCUT2D eigenvalue weighted by atomic mass is 16.4. The third-order valence-electron chi connectivity index (χ3n) is 2.08. The molecule has 1 unspecified atom stereocenters. The highest BCUT2D eigenvalue weighted by Gasteiger charge is 2.32. The molecule has 3 atom stereocenters. The van der Waals surface area contributed by atoms with Crippen molar-refractivity contribution in [1.82, 2.24) is 0 Å². The fourth-order valence-electron chi connectivity index (χ4n) is 1.44. The molecule has 0 aromatic heterocycles. The Morgan fingerprint density at radius 1 is 1.64 bits per heavy atom. The van der Waals surface area contributed by atoms with Gasteiger partial charge < -0.3 is 10.2 Å². The van der Waals surface area contributed by atoms with Crippen LogP contribution in [0, 0.1) is 11.8 Å². The van der Waals surface area contributed by atoms with Crippen molar-refractivity contribution in [2.75, 3.05) is 0 Å². The van der Waals surface area contributed by atoms with Crippen LogP contribution in [0.1, 0.15) is 13.3 Å². The smallest absolute Gasteiger partial charge is 0.309 e. The van der Waals surface area contributed by atoms with E-state index in [1.165, 1.54) is 0 Å². The van der Waals surface area contributed by atoms with Gasteiger partial charge in [-0.2, -0.15) is 0 Å². The van der Waals surface area contributed by atoms with Crippen molar-refractivity contribution in [2.45, 2.75) is 19.4 Å². The maximum absolute atomic E-state index is 10.6. The van der Waals surface area contributed by atoms with Gasteiger partial charge in [0.2, 0.25) is 0 Å². The molecule has 0 heterocycles. The van der Waals surface area contributed by atoms with E-state index in [0.29, 0.717) is 6.42 Å². The first-order chi connectivity index (χ1) is 5.13. The second-order valence-corrected chi connectivity index (χ2v) is 2.95. The molecule has 0 bridgehead atoms. The fraction of sp³-hybridized carbons (Fsp3) is 0.625.